The summed E-state index contributed by atoms with van der Waals surface area (Å²) >= 11 is 0. The molecule has 2 rings (SSSR count). The number of amides is 2. The summed E-state index contributed by atoms with van der Waals surface area (Å²) < 4.78 is 5.67. The zero-order valence-electron chi connectivity index (χ0n) is 13.9. The van der Waals surface area contributed by atoms with Crippen molar-refractivity contribution >= 4 is 35.2 Å². The lowest BCUT2D eigenvalue weighted by molar-refractivity contribution is -0.127. The van der Waals surface area contributed by atoms with Gasteiger partial charge >= 0.3 is 0 Å². The van der Waals surface area contributed by atoms with Gasteiger partial charge in [-0.2, -0.15) is 0 Å². The van der Waals surface area contributed by atoms with Gasteiger partial charge in [-0.05, 0) is 18.1 Å². The van der Waals surface area contributed by atoms with E-state index in [2.05, 4.69) is 10.6 Å². The van der Waals surface area contributed by atoms with Crippen molar-refractivity contribution in [2.45, 2.75) is 26.3 Å². The average molecular weight is 354 g/mol. The Bertz CT molecular complexity index is 652. The van der Waals surface area contributed by atoms with Crippen molar-refractivity contribution in [1.82, 2.24) is 10.6 Å². The predicted octanol–water partition coefficient (Wildman–Crippen LogP) is 1.61. The molecule has 0 unspecified atom stereocenters. The summed E-state index contributed by atoms with van der Waals surface area (Å²) in [6.07, 6.45) is 0.597. The minimum absolute atomic E-state index is 0. The van der Waals surface area contributed by atoms with E-state index in [-0.39, 0.29) is 36.7 Å². The molecule has 1 heterocycles. The number of carbonyl (C=O) groups is 2. The number of fused-ring (bicyclic) bond motifs is 1. The molecule has 6 nitrogen and oxygen atoms in total. The van der Waals surface area contributed by atoms with Crippen molar-refractivity contribution in [3.63, 3.8) is 0 Å². The van der Waals surface area contributed by atoms with Crippen LogP contribution in [-0.2, 0) is 16.0 Å². The van der Waals surface area contributed by atoms with Crippen LogP contribution in [0.1, 0.15) is 19.6 Å². The van der Waals surface area contributed by atoms with Gasteiger partial charge in [0.05, 0.1) is 12.6 Å². The minimum atomic E-state index is -0.599. The second-order valence-corrected chi connectivity index (χ2v) is 5.84. The van der Waals surface area contributed by atoms with E-state index in [1.807, 2.05) is 44.2 Å². The number of carbonyl (C=O) groups excluding carboxylic acids is 2. The van der Waals surface area contributed by atoms with Crippen LogP contribution in [0.2, 0.25) is 0 Å². The van der Waals surface area contributed by atoms with E-state index in [9.17, 15) is 9.59 Å². The molecule has 0 aliphatic carbocycles. The van der Waals surface area contributed by atoms with Gasteiger partial charge in [0.25, 0.3) is 0 Å². The second kappa shape index (κ2) is 9.30. The third kappa shape index (κ3) is 5.54. The summed E-state index contributed by atoms with van der Waals surface area (Å²) in [4.78, 5) is 23.4. The van der Waals surface area contributed by atoms with E-state index in [0.29, 0.717) is 13.0 Å². The quantitative estimate of drug-likeness (QED) is 0.704. The first-order chi connectivity index (χ1) is 11.0. The fraction of sp³-hybridized carbons (Fsp3) is 0.412. The third-order valence-corrected chi connectivity index (χ3v) is 3.61. The molecule has 0 bridgehead atoms. The molecule has 1 aromatic carbocycles. The molecule has 0 spiro atoms. The van der Waals surface area contributed by atoms with Crippen LogP contribution in [-0.4, -0.2) is 30.9 Å². The van der Waals surface area contributed by atoms with E-state index >= 15 is 0 Å². The Balaban J connectivity index is 0.00000288. The van der Waals surface area contributed by atoms with Crippen LogP contribution < -0.4 is 16.4 Å². The molecule has 1 aromatic heterocycles. The van der Waals surface area contributed by atoms with E-state index in [4.69, 9.17) is 10.2 Å². The first-order valence-electron chi connectivity index (χ1n) is 7.75. The standard InChI is InChI=1S/C17H23N3O3.ClH/c1-11(2)16(18)17(22)20-10-15(21)19-8-7-13-9-12-5-3-4-6-14(12)23-13;/h3-6,9,11,16H,7-8,10,18H2,1-2H3,(H,19,21)(H,20,22);1H/t16-;/m0./s1. The molecular weight excluding hydrogens is 330 g/mol. The number of rotatable bonds is 7. The molecule has 2 aromatic rings. The van der Waals surface area contributed by atoms with Crippen molar-refractivity contribution in [2.75, 3.05) is 13.1 Å². The van der Waals surface area contributed by atoms with Gasteiger partial charge in [0.15, 0.2) is 0 Å². The Morgan fingerprint density at radius 1 is 1.21 bits per heavy atom. The summed E-state index contributed by atoms with van der Waals surface area (Å²) in [5, 5.41) is 6.32. The van der Waals surface area contributed by atoms with Gasteiger partial charge in [-0.1, -0.05) is 32.0 Å². The van der Waals surface area contributed by atoms with E-state index in [1.165, 1.54) is 0 Å². The fourth-order valence-corrected chi connectivity index (χ4v) is 2.14. The highest BCUT2D eigenvalue weighted by Crippen LogP contribution is 2.18. The highest BCUT2D eigenvalue weighted by Gasteiger charge is 2.17. The molecule has 0 radical (unpaired) electrons. The maximum absolute atomic E-state index is 11.7. The predicted molar refractivity (Wildman–Crippen MR) is 96.0 cm³/mol. The van der Waals surface area contributed by atoms with Crippen LogP contribution in [0.4, 0.5) is 0 Å². The Morgan fingerprint density at radius 3 is 2.58 bits per heavy atom. The largest absolute Gasteiger partial charge is 0.461 e. The van der Waals surface area contributed by atoms with Crippen LogP contribution in [0.5, 0.6) is 0 Å². The lowest BCUT2D eigenvalue weighted by atomic mass is 10.1. The number of nitrogens with one attached hydrogen (secondary N) is 2. The van der Waals surface area contributed by atoms with E-state index < -0.39 is 6.04 Å². The Kier molecular flexibility index (Phi) is 7.74. The molecule has 7 heteroatoms. The number of furan rings is 1. The maximum Gasteiger partial charge on any atom is 0.239 e. The normalized spacial score (nSPS) is 11.8. The molecule has 24 heavy (non-hydrogen) atoms. The van der Waals surface area contributed by atoms with E-state index in [1.54, 1.807) is 0 Å². The Labute approximate surface area is 147 Å². The zero-order chi connectivity index (χ0) is 16.8. The van der Waals surface area contributed by atoms with Gasteiger partial charge in [-0.3, -0.25) is 9.59 Å². The first-order valence-corrected chi connectivity index (χ1v) is 7.75. The first kappa shape index (κ1) is 20.0. The molecule has 0 saturated carbocycles. The highest BCUT2D eigenvalue weighted by molar-refractivity contribution is 5.87. The third-order valence-electron chi connectivity index (χ3n) is 3.61. The molecule has 4 N–H and O–H groups in total. The van der Waals surface area contributed by atoms with Gasteiger partial charge in [0.2, 0.25) is 11.8 Å². The highest BCUT2D eigenvalue weighted by atomic mass is 35.5. The number of benzene rings is 1. The minimum Gasteiger partial charge on any atom is -0.461 e. The molecule has 0 fully saturated rings. The van der Waals surface area contributed by atoms with Gasteiger partial charge in [-0.25, -0.2) is 0 Å². The maximum atomic E-state index is 11.7. The van der Waals surface area contributed by atoms with Crippen molar-refractivity contribution in [3.05, 3.63) is 36.1 Å². The number of nitrogens with two attached hydrogens (primary N) is 1. The summed E-state index contributed by atoms with van der Waals surface area (Å²) in [5.74, 6) is 0.293. The molecule has 0 aliphatic rings. The van der Waals surface area contributed by atoms with Crippen molar-refractivity contribution in [3.8, 4) is 0 Å². The Hall–Kier alpha value is -2.05. The summed E-state index contributed by atoms with van der Waals surface area (Å²) in [7, 11) is 0. The van der Waals surface area contributed by atoms with E-state index in [0.717, 1.165) is 16.7 Å². The van der Waals surface area contributed by atoms with Gasteiger partial charge < -0.3 is 20.8 Å². The smallest absolute Gasteiger partial charge is 0.239 e. The molecule has 0 saturated heterocycles. The molecule has 132 valence electrons. The lowest BCUT2D eigenvalue weighted by Crippen LogP contribution is -2.47. The van der Waals surface area contributed by atoms with Gasteiger partial charge in [-0.15, -0.1) is 12.4 Å². The monoisotopic (exact) mass is 353 g/mol. The lowest BCUT2D eigenvalue weighted by Gasteiger charge is -2.15. The summed E-state index contributed by atoms with van der Waals surface area (Å²) in [6, 6.07) is 9.12. The second-order valence-electron chi connectivity index (χ2n) is 5.84. The van der Waals surface area contributed by atoms with Crippen molar-refractivity contribution in [1.29, 1.82) is 0 Å². The number of para-hydroxylation sites is 1. The van der Waals surface area contributed by atoms with Crippen LogP contribution in [0, 0.1) is 5.92 Å². The van der Waals surface area contributed by atoms with Crippen molar-refractivity contribution < 1.29 is 14.0 Å². The van der Waals surface area contributed by atoms with Gasteiger partial charge in [0.1, 0.15) is 11.3 Å². The van der Waals surface area contributed by atoms with Crippen LogP contribution in [0.25, 0.3) is 11.0 Å². The summed E-state index contributed by atoms with van der Waals surface area (Å²) in [5.41, 5.74) is 6.54. The molecule has 2 amide bonds. The van der Waals surface area contributed by atoms with Crippen LogP contribution in [0.3, 0.4) is 0 Å². The zero-order valence-corrected chi connectivity index (χ0v) is 14.7. The van der Waals surface area contributed by atoms with Crippen LogP contribution >= 0.6 is 12.4 Å². The number of hydrogen-bond donors (Lipinski definition) is 3. The van der Waals surface area contributed by atoms with Crippen molar-refractivity contribution in [2.24, 2.45) is 11.7 Å². The summed E-state index contributed by atoms with van der Waals surface area (Å²) in [6.45, 7) is 4.10. The fourth-order valence-electron chi connectivity index (χ4n) is 2.14. The topological polar surface area (TPSA) is 97.4 Å². The van der Waals surface area contributed by atoms with Gasteiger partial charge in [0, 0.05) is 18.4 Å². The average Bonchev–Trinajstić information content (AvgIpc) is 2.94. The Morgan fingerprint density at radius 2 is 1.92 bits per heavy atom. The van der Waals surface area contributed by atoms with Crippen LogP contribution in [0.15, 0.2) is 34.7 Å². The number of halogens is 1. The molecule has 1 atom stereocenters. The molecular formula is C17H24ClN3O3. The molecule has 0 aliphatic heterocycles. The SMILES string of the molecule is CC(C)[C@H](N)C(=O)NCC(=O)NCCc1cc2ccccc2o1.Cl. The number of hydrogen-bond acceptors (Lipinski definition) is 4.